The number of likely N-dealkylation sites (tertiary alicyclic amines) is 1. The van der Waals surface area contributed by atoms with Crippen LogP contribution in [0.4, 0.5) is 18.0 Å². The van der Waals surface area contributed by atoms with Gasteiger partial charge in [0.05, 0.1) is 0 Å². The molecule has 0 aliphatic carbocycles. The Kier molecular flexibility index (Phi) is 8.44. The SMILES string of the molecule is CC(C)(C)OC(=O)N1CCCC2(CC1)CC(OS(=O)(=O)C(F)(F)F)c1cc(O[Si](C)(C)C(C)(C)C)ccc1O2. The molecule has 2 heterocycles. The Balaban J connectivity index is 1.95. The van der Waals surface area contributed by atoms with Crippen molar-refractivity contribution in [3.63, 3.8) is 0 Å². The molecule has 8 nitrogen and oxygen atoms in total. The first-order valence-corrected chi connectivity index (χ1v) is 17.4. The lowest BCUT2D eigenvalue weighted by Gasteiger charge is -2.42. The van der Waals surface area contributed by atoms with Crippen LogP contribution in [0.15, 0.2) is 18.2 Å². The van der Waals surface area contributed by atoms with Gasteiger partial charge in [0.1, 0.15) is 28.8 Å². The average Bonchev–Trinajstić information content (AvgIpc) is 2.93. The summed E-state index contributed by atoms with van der Waals surface area (Å²) in [5, 5.41) is -0.140. The molecule has 2 unspecified atom stereocenters. The molecule has 2 aliphatic rings. The lowest BCUT2D eigenvalue weighted by atomic mass is 9.83. The number of amides is 1. The Morgan fingerprint density at radius 3 is 2.28 bits per heavy atom. The van der Waals surface area contributed by atoms with Gasteiger partial charge in [0.25, 0.3) is 0 Å². The van der Waals surface area contributed by atoms with E-state index in [2.05, 4.69) is 20.8 Å². The molecule has 1 aromatic carbocycles. The summed E-state index contributed by atoms with van der Waals surface area (Å²) in [5.41, 5.74) is -7.11. The van der Waals surface area contributed by atoms with Gasteiger partial charge in [-0.1, -0.05) is 20.8 Å². The standard InChI is InChI=1S/C26H40F3NO7SSi/c1-23(2,3)35-22(31)30-14-9-12-25(13-15-30)17-21(36-38(32,33)26(27,28)29)19-16-18(10-11-20(19)34-25)37-39(7,8)24(4,5)6/h10-11,16,21H,9,12-15,17H2,1-8H3. The summed E-state index contributed by atoms with van der Waals surface area (Å²) >= 11 is 0. The maximum absolute atomic E-state index is 13.3. The van der Waals surface area contributed by atoms with E-state index in [1.54, 1.807) is 32.9 Å². The number of alkyl halides is 3. The van der Waals surface area contributed by atoms with E-state index in [-0.39, 0.29) is 35.7 Å². The summed E-state index contributed by atoms with van der Waals surface area (Å²) in [4.78, 5) is 14.2. The largest absolute Gasteiger partial charge is 0.543 e. The molecule has 1 saturated heterocycles. The van der Waals surface area contributed by atoms with E-state index >= 15 is 0 Å². The van der Waals surface area contributed by atoms with E-state index in [4.69, 9.17) is 18.1 Å². The number of nitrogens with zero attached hydrogens (tertiary/aromatic N) is 1. The Hall–Kier alpha value is -1.99. The number of ether oxygens (including phenoxy) is 2. The van der Waals surface area contributed by atoms with Crippen molar-refractivity contribution >= 4 is 24.5 Å². The van der Waals surface area contributed by atoms with E-state index in [1.165, 1.54) is 11.0 Å². The lowest BCUT2D eigenvalue weighted by molar-refractivity contribution is -0.0660. The third kappa shape index (κ3) is 7.40. The van der Waals surface area contributed by atoms with Gasteiger partial charge in [0, 0.05) is 31.5 Å². The summed E-state index contributed by atoms with van der Waals surface area (Å²) in [6, 6.07) is 4.78. The second-order valence-corrected chi connectivity index (χ2v) is 19.1. The van der Waals surface area contributed by atoms with Crippen LogP contribution in [-0.2, 0) is 19.0 Å². The summed E-state index contributed by atoms with van der Waals surface area (Å²) < 4.78 is 87.3. The summed E-state index contributed by atoms with van der Waals surface area (Å²) in [6.07, 6.45) is -0.937. The number of carbonyl (C=O) groups excluding carboxylic acids is 1. The quantitative estimate of drug-likeness (QED) is 0.212. The molecule has 0 aromatic heterocycles. The monoisotopic (exact) mass is 595 g/mol. The fourth-order valence-electron chi connectivity index (χ4n) is 4.38. The number of hydrogen-bond donors (Lipinski definition) is 0. The van der Waals surface area contributed by atoms with Crippen LogP contribution in [0.2, 0.25) is 18.1 Å². The number of halogens is 3. The molecule has 1 amide bonds. The minimum Gasteiger partial charge on any atom is -0.543 e. The van der Waals surface area contributed by atoms with Crippen LogP contribution >= 0.6 is 0 Å². The van der Waals surface area contributed by atoms with Crippen molar-refractivity contribution in [2.75, 3.05) is 13.1 Å². The molecule has 13 heteroatoms. The minimum absolute atomic E-state index is 0.138. The Labute approximate surface area is 230 Å². The van der Waals surface area contributed by atoms with E-state index < -0.39 is 47.3 Å². The zero-order valence-corrected chi connectivity index (χ0v) is 25.7. The summed E-state index contributed by atoms with van der Waals surface area (Å²) in [5.74, 6) is 0.645. The van der Waals surface area contributed by atoms with Crippen LogP contribution in [0.5, 0.6) is 11.5 Å². The second-order valence-electron chi connectivity index (χ2n) is 12.9. The molecule has 39 heavy (non-hydrogen) atoms. The summed E-state index contributed by atoms with van der Waals surface area (Å²) in [6.45, 7) is 16.1. The molecule has 1 aromatic rings. The Bertz CT molecular complexity index is 1180. The van der Waals surface area contributed by atoms with Crippen molar-refractivity contribution in [3.05, 3.63) is 23.8 Å². The molecule has 0 N–H and O–H groups in total. The fraction of sp³-hybridized carbons (Fsp3) is 0.731. The van der Waals surface area contributed by atoms with Crippen molar-refractivity contribution in [2.45, 2.75) is 108 Å². The predicted octanol–water partition coefficient (Wildman–Crippen LogP) is 6.92. The zero-order valence-electron chi connectivity index (χ0n) is 23.9. The maximum Gasteiger partial charge on any atom is 0.523 e. The maximum atomic E-state index is 13.3. The number of rotatable bonds is 4. The highest BCUT2D eigenvalue weighted by atomic mass is 32.2. The highest BCUT2D eigenvalue weighted by Crippen LogP contribution is 2.49. The fourth-order valence-corrected chi connectivity index (χ4v) is 5.99. The Morgan fingerprint density at radius 2 is 1.72 bits per heavy atom. The van der Waals surface area contributed by atoms with Gasteiger partial charge in [-0.25, -0.2) is 4.79 Å². The first kappa shape index (κ1) is 31.5. The van der Waals surface area contributed by atoms with Crippen molar-refractivity contribution in [2.24, 2.45) is 0 Å². The smallest absolute Gasteiger partial charge is 0.523 e. The summed E-state index contributed by atoms with van der Waals surface area (Å²) in [7, 11) is -8.19. The first-order chi connectivity index (χ1) is 17.5. The highest BCUT2D eigenvalue weighted by molar-refractivity contribution is 7.87. The predicted molar refractivity (Wildman–Crippen MR) is 143 cm³/mol. The molecule has 2 atom stereocenters. The van der Waals surface area contributed by atoms with E-state index in [0.29, 0.717) is 25.1 Å². The number of benzene rings is 1. The first-order valence-electron chi connectivity index (χ1n) is 13.0. The van der Waals surface area contributed by atoms with Crippen LogP contribution in [0.1, 0.15) is 78.9 Å². The highest BCUT2D eigenvalue weighted by Gasteiger charge is 2.52. The lowest BCUT2D eigenvalue weighted by Crippen LogP contribution is -2.45. The molecule has 2 aliphatic heterocycles. The Morgan fingerprint density at radius 1 is 1.08 bits per heavy atom. The molecule has 0 radical (unpaired) electrons. The van der Waals surface area contributed by atoms with Crippen molar-refractivity contribution < 1.29 is 44.5 Å². The zero-order chi connectivity index (χ0) is 29.7. The minimum atomic E-state index is -5.89. The number of fused-ring (bicyclic) bond motifs is 1. The van der Waals surface area contributed by atoms with Gasteiger partial charge in [0.15, 0.2) is 0 Å². The molecule has 222 valence electrons. The number of carbonyl (C=O) groups is 1. The van der Waals surface area contributed by atoms with Crippen LogP contribution in [0.25, 0.3) is 0 Å². The second kappa shape index (κ2) is 10.4. The van der Waals surface area contributed by atoms with E-state index in [0.717, 1.165) is 0 Å². The van der Waals surface area contributed by atoms with E-state index in [9.17, 15) is 26.4 Å². The van der Waals surface area contributed by atoms with Gasteiger partial charge in [-0.2, -0.15) is 21.6 Å². The third-order valence-electron chi connectivity index (χ3n) is 7.47. The van der Waals surface area contributed by atoms with Gasteiger partial charge in [0.2, 0.25) is 8.32 Å². The molecular weight excluding hydrogens is 555 g/mol. The van der Waals surface area contributed by atoms with Crippen molar-refractivity contribution in [3.8, 4) is 11.5 Å². The normalized spacial score (nSPS) is 23.1. The molecule has 0 bridgehead atoms. The van der Waals surface area contributed by atoms with Crippen LogP contribution in [0, 0.1) is 0 Å². The third-order valence-corrected chi connectivity index (χ3v) is 12.9. The topological polar surface area (TPSA) is 91.4 Å². The molecule has 3 rings (SSSR count). The van der Waals surface area contributed by atoms with Gasteiger partial charge in [-0.3, -0.25) is 4.18 Å². The molecule has 1 fully saturated rings. The van der Waals surface area contributed by atoms with E-state index in [1.807, 2.05) is 13.1 Å². The van der Waals surface area contributed by atoms with Crippen molar-refractivity contribution in [1.29, 1.82) is 0 Å². The van der Waals surface area contributed by atoms with Gasteiger partial charge in [-0.05, 0) is 69.9 Å². The van der Waals surface area contributed by atoms with Crippen LogP contribution in [-0.4, -0.2) is 57.5 Å². The van der Waals surface area contributed by atoms with Gasteiger partial charge < -0.3 is 18.8 Å². The van der Waals surface area contributed by atoms with Crippen LogP contribution in [0.3, 0.4) is 0 Å². The molecule has 0 saturated carbocycles. The van der Waals surface area contributed by atoms with Gasteiger partial charge in [-0.15, -0.1) is 0 Å². The number of hydrogen-bond acceptors (Lipinski definition) is 7. The average molecular weight is 596 g/mol. The van der Waals surface area contributed by atoms with Crippen molar-refractivity contribution in [1.82, 2.24) is 4.90 Å². The molecular formula is C26H40F3NO7SSi. The van der Waals surface area contributed by atoms with Gasteiger partial charge >= 0.3 is 21.7 Å². The molecule has 1 spiro atoms. The van der Waals surface area contributed by atoms with Crippen LogP contribution < -0.4 is 9.16 Å².